The Balaban J connectivity index is 0.00000102. The lowest BCUT2D eigenvalue weighted by Gasteiger charge is -2.26. The first-order chi connectivity index (χ1) is 10.7. The first kappa shape index (κ1) is 20.8. The summed E-state index contributed by atoms with van der Waals surface area (Å²) in [6, 6.07) is 8.13. The van der Waals surface area contributed by atoms with Crippen LogP contribution in [0.3, 0.4) is 0 Å². The van der Waals surface area contributed by atoms with Crippen LogP contribution in [-0.2, 0) is 0 Å². The van der Waals surface area contributed by atoms with Crippen LogP contribution >= 0.6 is 12.6 Å². The summed E-state index contributed by atoms with van der Waals surface area (Å²) in [6.45, 7) is 9.29. The smallest absolute Gasteiger partial charge is 0.256 e. The van der Waals surface area contributed by atoms with Gasteiger partial charge < -0.3 is 10.2 Å². The summed E-state index contributed by atoms with van der Waals surface area (Å²) in [5, 5.41) is 3.10. The number of hydrogen-bond acceptors (Lipinski definition) is 3. The molecule has 4 heteroatoms. The van der Waals surface area contributed by atoms with Crippen molar-refractivity contribution in [3.8, 4) is 0 Å². The van der Waals surface area contributed by atoms with Crippen LogP contribution in [0.2, 0.25) is 0 Å². The van der Waals surface area contributed by atoms with Gasteiger partial charge in [-0.15, -0.1) is 0 Å². The summed E-state index contributed by atoms with van der Waals surface area (Å²) in [4.78, 5) is 14.7. The third-order valence-corrected chi connectivity index (χ3v) is 3.99. The molecule has 0 spiro atoms. The molecule has 1 aliphatic rings. The largest absolute Gasteiger partial charge is 0.387 e. The zero-order valence-electron chi connectivity index (χ0n) is 14.9. The number of thiol groups is 1. The van der Waals surface area contributed by atoms with E-state index < -0.39 is 0 Å². The molecular formula is C18H32N2OS. The number of carbonyl (C=O) groups excluding carboxylic acids is 1. The molecule has 3 nitrogen and oxygen atoms in total. The lowest BCUT2D eigenvalue weighted by molar-refractivity contribution is 0.0719. The molecule has 1 aromatic rings. The predicted molar refractivity (Wildman–Crippen MR) is 101 cm³/mol. The molecule has 1 fully saturated rings. The maximum Gasteiger partial charge on any atom is 0.256 e. The normalized spacial score (nSPS) is 19.5. The molecule has 0 aliphatic carbocycles. The maximum atomic E-state index is 12.6. The van der Waals surface area contributed by atoms with Crippen molar-refractivity contribution in [2.75, 3.05) is 25.2 Å². The van der Waals surface area contributed by atoms with Crippen molar-refractivity contribution in [3.05, 3.63) is 29.8 Å². The van der Waals surface area contributed by atoms with Gasteiger partial charge in [-0.1, -0.05) is 39.8 Å². The fourth-order valence-corrected chi connectivity index (χ4v) is 2.93. The van der Waals surface area contributed by atoms with E-state index in [-0.39, 0.29) is 5.91 Å². The van der Waals surface area contributed by atoms with Gasteiger partial charge in [-0.05, 0) is 37.1 Å². The Morgan fingerprint density at radius 2 is 1.91 bits per heavy atom. The van der Waals surface area contributed by atoms with E-state index in [1.165, 1.54) is 0 Å². The lowest BCUT2D eigenvalue weighted by atomic mass is 10.0. The summed E-state index contributed by atoms with van der Waals surface area (Å²) in [6.07, 6.45) is 3.85. The molecule has 1 saturated heterocycles. The molecule has 1 amide bonds. The third kappa shape index (κ3) is 4.94. The Morgan fingerprint density at radius 1 is 1.32 bits per heavy atom. The molecule has 1 unspecified atom stereocenters. The van der Waals surface area contributed by atoms with Gasteiger partial charge in [-0.2, -0.15) is 12.6 Å². The van der Waals surface area contributed by atoms with Gasteiger partial charge in [0.15, 0.2) is 0 Å². The highest BCUT2D eigenvalue weighted by atomic mass is 32.1. The van der Waals surface area contributed by atoms with Gasteiger partial charge in [-0.25, -0.2) is 0 Å². The van der Waals surface area contributed by atoms with Gasteiger partial charge in [0.05, 0.1) is 5.56 Å². The van der Waals surface area contributed by atoms with Gasteiger partial charge in [0.25, 0.3) is 5.91 Å². The monoisotopic (exact) mass is 324 g/mol. The van der Waals surface area contributed by atoms with Gasteiger partial charge in [0.2, 0.25) is 0 Å². The summed E-state index contributed by atoms with van der Waals surface area (Å²) >= 11 is 3.53. The Hall–Kier alpha value is -1.16. The van der Waals surface area contributed by atoms with Crippen molar-refractivity contribution in [1.82, 2.24) is 4.90 Å². The second-order valence-electron chi connectivity index (χ2n) is 5.04. The van der Waals surface area contributed by atoms with Crippen LogP contribution in [0.5, 0.6) is 0 Å². The number of nitrogens with zero attached hydrogens (tertiary/aromatic N) is 1. The zero-order valence-corrected chi connectivity index (χ0v) is 15.8. The number of anilines is 1. The summed E-state index contributed by atoms with van der Waals surface area (Å²) < 4.78 is 0. The molecule has 126 valence electrons. The number of amides is 1. The number of para-hydroxylation sites is 1. The topological polar surface area (TPSA) is 32.3 Å². The van der Waals surface area contributed by atoms with Crippen molar-refractivity contribution in [2.45, 2.75) is 46.6 Å². The SMILES string of the molecule is CC.CC[C@@H]1C(C)CCN1C(=O)c1ccccc1NC.CS. The third-order valence-electron chi connectivity index (χ3n) is 3.99. The van der Waals surface area contributed by atoms with E-state index in [1.54, 1.807) is 6.26 Å². The van der Waals surface area contributed by atoms with E-state index in [2.05, 4.69) is 31.8 Å². The van der Waals surface area contributed by atoms with Crippen LogP contribution in [0.15, 0.2) is 24.3 Å². The Bertz CT molecular complexity index is 437. The highest BCUT2D eigenvalue weighted by Crippen LogP contribution is 2.29. The van der Waals surface area contributed by atoms with Crippen molar-refractivity contribution < 1.29 is 4.79 Å². The Kier molecular flexibility index (Phi) is 10.8. The first-order valence-corrected chi connectivity index (χ1v) is 9.11. The predicted octanol–water partition coefficient (Wildman–Crippen LogP) is 4.56. The van der Waals surface area contributed by atoms with Crippen molar-refractivity contribution in [2.24, 2.45) is 5.92 Å². The summed E-state index contributed by atoms with van der Waals surface area (Å²) in [5.74, 6) is 0.775. The standard InChI is InChI=1S/C15H22N2O.C2H6.CH4S/c1-4-14-11(2)9-10-17(14)15(18)12-7-5-6-8-13(12)16-3;2*1-2/h5-8,11,14,16H,4,9-10H2,1-3H3;1-2H3;2H,1H3/t11?,14-;;/m1../s1. The van der Waals surface area contributed by atoms with Gasteiger partial charge in [-0.3, -0.25) is 4.79 Å². The Morgan fingerprint density at radius 3 is 2.45 bits per heavy atom. The summed E-state index contributed by atoms with van der Waals surface area (Å²) in [7, 11) is 1.86. The summed E-state index contributed by atoms with van der Waals surface area (Å²) in [5.41, 5.74) is 1.70. The van der Waals surface area contributed by atoms with Crippen LogP contribution in [0, 0.1) is 5.92 Å². The molecule has 1 aliphatic heterocycles. The van der Waals surface area contributed by atoms with E-state index in [0.29, 0.717) is 12.0 Å². The second-order valence-corrected chi connectivity index (χ2v) is 5.04. The second kappa shape index (κ2) is 11.4. The Labute approximate surface area is 141 Å². The number of rotatable bonds is 3. The van der Waals surface area contributed by atoms with Crippen LogP contribution < -0.4 is 5.32 Å². The van der Waals surface area contributed by atoms with E-state index in [4.69, 9.17) is 0 Å². The van der Waals surface area contributed by atoms with E-state index in [1.807, 2.05) is 50.1 Å². The minimum atomic E-state index is 0.163. The minimum Gasteiger partial charge on any atom is -0.387 e. The van der Waals surface area contributed by atoms with Crippen LogP contribution in [0.1, 0.15) is 50.9 Å². The minimum absolute atomic E-state index is 0.163. The van der Waals surface area contributed by atoms with E-state index >= 15 is 0 Å². The van der Waals surface area contributed by atoms with Crippen LogP contribution in [0.25, 0.3) is 0 Å². The van der Waals surface area contributed by atoms with Gasteiger partial charge >= 0.3 is 0 Å². The van der Waals surface area contributed by atoms with Crippen molar-refractivity contribution in [3.63, 3.8) is 0 Å². The molecule has 0 saturated carbocycles. The first-order valence-electron chi connectivity index (χ1n) is 8.21. The highest BCUT2D eigenvalue weighted by Gasteiger charge is 2.33. The molecule has 0 aromatic heterocycles. The molecule has 0 radical (unpaired) electrons. The zero-order chi connectivity index (χ0) is 17.1. The average Bonchev–Trinajstić information content (AvgIpc) is 2.98. The molecular weight excluding hydrogens is 292 g/mol. The molecule has 22 heavy (non-hydrogen) atoms. The molecule has 2 rings (SSSR count). The highest BCUT2D eigenvalue weighted by molar-refractivity contribution is 7.79. The van der Waals surface area contributed by atoms with Gasteiger partial charge in [0.1, 0.15) is 0 Å². The van der Waals surface area contributed by atoms with Gasteiger partial charge in [0, 0.05) is 25.3 Å². The molecule has 0 bridgehead atoms. The van der Waals surface area contributed by atoms with Crippen molar-refractivity contribution in [1.29, 1.82) is 0 Å². The van der Waals surface area contributed by atoms with Crippen LogP contribution in [0.4, 0.5) is 5.69 Å². The number of likely N-dealkylation sites (tertiary alicyclic amines) is 1. The number of carbonyl (C=O) groups is 1. The number of benzene rings is 1. The molecule has 1 heterocycles. The fourth-order valence-electron chi connectivity index (χ4n) is 2.93. The lowest BCUT2D eigenvalue weighted by Crippen LogP contribution is -2.37. The number of nitrogens with one attached hydrogen (secondary N) is 1. The fraction of sp³-hybridized carbons (Fsp3) is 0.611. The van der Waals surface area contributed by atoms with Crippen LogP contribution in [-0.4, -0.2) is 36.7 Å². The van der Waals surface area contributed by atoms with E-state index in [9.17, 15) is 4.79 Å². The van der Waals surface area contributed by atoms with E-state index in [0.717, 1.165) is 30.6 Å². The molecule has 1 N–H and O–H groups in total. The number of hydrogen-bond donors (Lipinski definition) is 2. The quantitative estimate of drug-likeness (QED) is 0.799. The average molecular weight is 325 g/mol. The molecule has 2 atom stereocenters. The maximum absolute atomic E-state index is 12.6. The molecule has 1 aromatic carbocycles. The van der Waals surface area contributed by atoms with Crippen molar-refractivity contribution >= 4 is 24.2 Å².